The third-order valence-electron chi connectivity index (χ3n) is 4.12. The number of hydrogen-bond donors (Lipinski definition) is 0. The standard InChI is InChI=1S/C18H16Br4F2N2O/c1-2-5-27-18-25(16-12(19)6-10(23)7-13(16)20)3-4-26(18)17-14(21)8-11(24)9-15(17)22/h6-9,18H,2-5H2,1H3. The van der Waals surface area contributed by atoms with Gasteiger partial charge < -0.3 is 14.5 Å². The van der Waals surface area contributed by atoms with Crippen LogP contribution in [0.2, 0.25) is 0 Å². The molecule has 9 heteroatoms. The maximum Gasteiger partial charge on any atom is 0.210 e. The summed E-state index contributed by atoms with van der Waals surface area (Å²) >= 11 is 13.9. The van der Waals surface area contributed by atoms with Crippen LogP contribution in [-0.2, 0) is 4.74 Å². The quantitative estimate of drug-likeness (QED) is 0.351. The lowest BCUT2D eigenvalue weighted by Crippen LogP contribution is -2.42. The average molecular weight is 634 g/mol. The SMILES string of the molecule is CCCOC1N(c2c(Br)cc(F)cc2Br)CCN1c1c(Br)cc(F)cc1Br. The van der Waals surface area contributed by atoms with Gasteiger partial charge in [0.1, 0.15) is 11.6 Å². The van der Waals surface area contributed by atoms with Crippen molar-refractivity contribution in [2.45, 2.75) is 19.7 Å². The van der Waals surface area contributed by atoms with Crippen LogP contribution in [0.3, 0.4) is 0 Å². The Morgan fingerprint density at radius 1 is 0.852 bits per heavy atom. The maximum atomic E-state index is 13.7. The first-order valence-corrected chi connectivity index (χ1v) is 11.4. The van der Waals surface area contributed by atoms with Crippen molar-refractivity contribution in [3.63, 3.8) is 0 Å². The minimum atomic E-state index is -0.416. The molecule has 0 aliphatic carbocycles. The van der Waals surface area contributed by atoms with Crippen LogP contribution in [0.4, 0.5) is 20.2 Å². The second kappa shape index (κ2) is 9.07. The lowest BCUT2D eigenvalue weighted by Gasteiger charge is -2.34. The average Bonchev–Trinajstić information content (AvgIpc) is 2.94. The Labute approximate surface area is 190 Å². The van der Waals surface area contributed by atoms with Gasteiger partial charge >= 0.3 is 0 Å². The number of hydrogen-bond acceptors (Lipinski definition) is 3. The molecule has 1 fully saturated rings. The van der Waals surface area contributed by atoms with Crippen LogP contribution in [0.5, 0.6) is 0 Å². The highest BCUT2D eigenvalue weighted by molar-refractivity contribution is 9.11. The van der Waals surface area contributed by atoms with Crippen molar-refractivity contribution in [2.24, 2.45) is 0 Å². The molecule has 0 aromatic heterocycles. The van der Waals surface area contributed by atoms with Gasteiger partial charge in [0.2, 0.25) is 6.35 Å². The van der Waals surface area contributed by atoms with E-state index >= 15 is 0 Å². The second-order valence-electron chi connectivity index (χ2n) is 6.02. The van der Waals surface area contributed by atoms with Gasteiger partial charge in [-0.3, -0.25) is 0 Å². The summed E-state index contributed by atoms with van der Waals surface area (Å²) in [4.78, 5) is 4.12. The van der Waals surface area contributed by atoms with Crippen LogP contribution >= 0.6 is 63.7 Å². The van der Waals surface area contributed by atoms with Crippen molar-refractivity contribution < 1.29 is 13.5 Å². The monoisotopic (exact) mass is 630 g/mol. The van der Waals surface area contributed by atoms with E-state index in [1.807, 2.05) is 6.92 Å². The summed E-state index contributed by atoms with van der Waals surface area (Å²) in [6, 6.07) is 5.74. The van der Waals surface area contributed by atoms with E-state index in [0.717, 1.165) is 17.8 Å². The zero-order chi connectivity index (χ0) is 19.7. The maximum absolute atomic E-state index is 13.7. The van der Waals surface area contributed by atoms with Crippen LogP contribution in [0.15, 0.2) is 42.2 Å². The molecule has 1 saturated heterocycles. The molecule has 1 heterocycles. The second-order valence-corrected chi connectivity index (χ2v) is 9.44. The zero-order valence-corrected chi connectivity index (χ0v) is 20.6. The number of anilines is 2. The molecule has 27 heavy (non-hydrogen) atoms. The van der Waals surface area contributed by atoms with E-state index < -0.39 is 6.35 Å². The summed E-state index contributed by atoms with van der Waals surface area (Å²) in [6.07, 6.45) is 0.441. The van der Waals surface area contributed by atoms with E-state index in [4.69, 9.17) is 4.74 Å². The van der Waals surface area contributed by atoms with E-state index in [1.165, 1.54) is 24.3 Å². The van der Waals surface area contributed by atoms with Crippen LogP contribution in [0.25, 0.3) is 0 Å². The zero-order valence-electron chi connectivity index (χ0n) is 14.3. The first-order chi connectivity index (χ1) is 12.8. The van der Waals surface area contributed by atoms with E-state index in [9.17, 15) is 8.78 Å². The number of rotatable bonds is 5. The predicted molar refractivity (Wildman–Crippen MR) is 118 cm³/mol. The minimum absolute atomic E-state index is 0.330. The van der Waals surface area contributed by atoms with Gasteiger partial charge in [-0.05, 0) is 94.4 Å². The van der Waals surface area contributed by atoms with Crippen molar-refractivity contribution in [1.29, 1.82) is 0 Å². The van der Waals surface area contributed by atoms with E-state index in [1.54, 1.807) is 0 Å². The predicted octanol–water partition coefficient (Wildman–Crippen LogP) is 7.05. The number of halogens is 6. The molecule has 3 rings (SSSR count). The minimum Gasteiger partial charge on any atom is -0.340 e. The molecule has 0 spiro atoms. The molecule has 2 aromatic carbocycles. The highest BCUT2D eigenvalue weighted by atomic mass is 79.9. The molecule has 2 aromatic rings. The summed E-state index contributed by atoms with van der Waals surface area (Å²) in [5, 5.41) is 0. The van der Waals surface area contributed by atoms with Crippen LogP contribution in [-0.4, -0.2) is 26.0 Å². The molecular weight excluding hydrogens is 618 g/mol. The largest absolute Gasteiger partial charge is 0.340 e. The summed E-state index contributed by atoms with van der Waals surface area (Å²) in [5.41, 5.74) is 1.63. The Morgan fingerprint density at radius 3 is 1.56 bits per heavy atom. The van der Waals surface area contributed by atoms with Gasteiger partial charge in [-0.15, -0.1) is 0 Å². The van der Waals surface area contributed by atoms with Crippen LogP contribution in [0, 0.1) is 11.6 Å². The van der Waals surface area contributed by atoms with Gasteiger partial charge in [0.15, 0.2) is 0 Å². The number of nitrogens with zero attached hydrogens (tertiary/aromatic N) is 2. The Morgan fingerprint density at radius 2 is 1.22 bits per heavy atom. The molecule has 1 aliphatic rings. The molecular formula is C18H16Br4F2N2O. The van der Waals surface area contributed by atoms with Gasteiger partial charge in [-0.2, -0.15) is 0 Å². The Bertz CT molecular complexity index is 741. The lowest BCUT2D eigenvalue weighted by molar-refractivity contribution is 0.0630. The summed E-state index contributed by atoms with van der Waals surface area (Å²) in [5.74, 6) is -0.660. The summed E-state index contributed by atoms with van der Waals surface area (Å²) in [6.45, 7) is 3.92. The fourth-order valence-electron chi connectivity index (χ4n) is 3.07. The van der Waals surface area contributed by atoms with Gasteiger partial charge in [-0.25, -0.2) is 8.78 Å². The van der Waals surface area contributed by atoms with Gasteiger partial charge in [0.05, 0.1) is 18.0 Å². The first-order valence-electron chi connectivity index (χ1n) is 8.27. The van der Waals surface area contributed by atoms with Gasteiger partial charge in [0, 0.05) is 31.0 Å². The molecule has 0 unspecified atom stereocenters. The Hall–Kier alpha value is -0.220. The third kappa shape index (κ3) is 4.52. The van der Waals surface area contributed by atoms with E-state index in [0.29, 0.717) is 37.6 Å². The van der Waals surface area contributed by atoms with Crippen molar-refractivity contribution in [3.8, 4) is 0 Å². The first kappa shape index (κ1) is 21.5. The van der Waals surface area contributed by atoms with Crippen molar-refractivity contribution in [3.05, 3.63) is 53.8 Å². The normalized spacial score (nSPS) is 15.1. The smallest absolute Gasteiger partial charge is 0.210 e. The fourth-order valence-corrected chi connectivity index (χ4v) is 6.24. The third-order valence-corrected chi connectivity index (χ3v) is 6.54. The number of ether oxygens (including phenoxy) is 1. The molecule has 0 atom stereocenters. The molecule has 146 valence electrons. The van der Waals surface area contributed by atoms with Gasteiger partial charge in [-0.1, -0.05) is 6.92 Å². The number of benzene rings is 2. The molecule has 0 radical (unpaired) electrons. The van der Waals surface area contributed by atoms with Crippen molar-refractivity contribution in [2.75, 3.05) is 29.5 Å². The molecule has 0 bridgehead atoms. The lowest BCUT2D eigenvalue weighted by atomic mass is 10.3. The van der Waals surface area contributed by atoms with E-state index in [-0.39, 0.29) is 11.6 Å². The van der Waals surface area contributed by atoms with Gasteiger partial charge in [0.25, 0.3) is 0 Å². The fraction of sp³-hybridized carbons (Fsp3) is 0.333. The molecule has 0 saturated carbocycles. The highest BCUT2D eigenvalue weighted by Crippen LogP contribution is 2.43. The molecule has 1 aliphatic heterocycles. The molecule has 0 N–H and O–H groups in total. The Balaban J connectivity index is 2.04. The summed E-state index contributed by atoms with van der Waals surface area (Å²) < 4.78 is 36.1. The van der Waals surface area contributed by atoms with E-state index in [2.05, 4.69) is 73.5 Å². The van der Waals surface area contributed by atoms with Crippen molar-refractivity contribution in [1.82, 2.24) is 0 Å². The topological polar surface area (TPSA) is 15.7 Å². The molecule has 0 amide bonds. The van der Waals surface area contributed by atoms with Crippen LogP contribution < -0.4 is 9.80 Å². The molecule has 3 nitrogen and oxygen atoms in total. The Kier molecular flexibility index (Phi) is 7.22. The highest BCUT2D eigenvalue weighted by Gasteiger charge is 2.37. The summed E-state index contributed by atoms with van der Waals surface area (Å²) in [7, 11) is 0. The van der Waals surface area contributed by atoms with Crippen LogP contribution in [0.1, 0.15) is 13.3 Å². The van der Waals surface area contributed by atoms with Crippen molar-refractivity contribution >= 4 is 75.1 Å².